The molecule has 136 valence electrons. The lowest BCUT2D eigenvalue weighted by atomic mass is 10.1. The van der Waals surface area contributed by atoms with E-state index in [1.807, 2.05) is 0 Å². The van der Waals surface area contributed by atoms with E-state index >= 15 is 0 Å². The zero-order valence-electron chi connectivity index (χ0n) is 14.3. The quantitative estimate of drug-likeness (QED) is 0.902. The third kappa shape index (κ3) is 4.01. The Bertz CT molecular complexity index is 857. The Morgan fingerprint density at radius 2 is 2.15 bits per heavy atom. The van der Waals surface area contributed by atoms with Crippen LogP contribution in [0.25, 0.3) is 0 Å². The Labute approximate surface area is 149 Å². The molecule has 0 unspecified atom stereocenters. The molecule has 2 heterocycles. The molecule has 0 bridgehead atoms. The van der Waals surface area contributed by atoms with E-state index in [0.29, 0.717) is 36.5 Å². The monoisotopic (exact) mass is 360 g/mol. The Morgan fingerprint density at radius 3 is 2.96 bits per heavy atom. The van der Waals surface area contributed by atoms with Gasteiger partial charge in [0.15, 0.2) is 0 Å². The van der Waals surface area contributed by atoms with Gasteiger partial charge in [-0.15, -0.1) is 0 Å². The molecule has 1 aromatic carbocycles. The highest BCUT2D eigenvalue weighted by Gasteiger charge is 2.25. The summed E-state index contributed by atoms with van der Waals surface area (Å²) in [5, 5.41) is 2.52. The number of benzene rings is 1. The van der Waals surface area contributed by atoms with Gasteiger partial charge in [-0.1, -0.05) is 0 Å². The van der Waals surface area contributed by atoms with Crippen LogP contribution in [0.15, 0.2) is 24.4 Å². The van der Waals surface area contributed by atoms with Crippen LogP contribution in [-0.4, -0.2) is 39.8 Å². The number of carbonyl (C=O) groups is 2. The fraction of sp³-hybridized carbons (Fsp3) is 0.333. The van der Waals surface area contributed by atoms with Gasteiger partial charge in [-0.25, -0.2) is 18.7 Å². The number of fused-ring (bicyclic) bond motifs is 1. The summed E-state index contributed by atoms with van der Waals surface area (Å²) in [6.07, 6.45) is 2.80. The Hall–Kier alpha value is -2.90. The van der Waals surface area contributed by atoms with Crippen LogP contribution in [0.3, 0.4) is 0 Å². The van der Waals surface area contributed by atoms with E-state index in [9.17, 15) is 18.4 Å². The normalized spacial score (nSPS) is 14.0. The highest BCUT2D eigenvalue weighted by Crippen LogP contribution is 2.16. The van der Waals surface area contributed by atoms with Crippen LogP contribution >= 0.6 is 0 Å². The minimum absolute atomic E-state index is 0.0507. The van der Waals surface area contributed by atoms with Crippen molar-refractivity contribution in [1.29, 1.82) is 0 Å². The lowest BCUT2D eigenvalue weighted by molar-refractivity contribution is -0.122. The van der Waals surface area contributed by atoms with Crippen molar-refractivity contribution in [2.24, 2.45) is 0 Å². The largest absolute Gasteiger partial charge is 0.350 e. The minimum atomic E-state index is -0.598. The molecule has 0 fully saturated rings. The summed E-state index contributed by atoms with van der Waals surface area (Å²) in [6.45, 7) is 1.86. The number of rotatable bonds is 4. The predicted octanol–water partition coefficient (Wildman–Crippen LogP) is 1.77. The van der Waals surface area contributed by atoms with Crippen LogP contribution in [0.2, 0.25) is 0 Å². The first-order valence-corrected chi connectivity index (χ1v) is 8.26. The molecule has 1 N–H and O–H groups in total. The lowest BCUT2D eigenvalue weighted by Gasteiger charge is -2.20. The van der Waals surface area contributed by atoms with Gasteiger partial charge >= 0.3 is 0 Å². The fourth-order valence-electron chi connectivity index (χ4n) is 2.85. The second-order valence-electron chi connectivity index (χ2n) is 6.12. The van der Waals surface area contributed by atoms with E-state index in [2.05, 4.69) is 15.3 Å². The van der Waals surface area contributed by atoms with Gasteiger partial charge in [0.25, 0.3) is 5.91 Å². The average molecular weight is 360 g/mol. The van der Waals surface area contributed by atoms with Gasteiger partial charge in [0.2, 0.25) is 5.91 Å². The smallest absolute Gasteiger partial charge is 0.257 e. The maximum atomic E-state index is 13.6. The predicted molar refractivity (Wildman–Crippen MR) is 89.2 cm³/mol. The maximum absolute atomic E-state index is 13.6. The van der Waals surface area contributed by atoms with Crippen LogP contribution in [0.4, 0.5) is 8.78 Å². The third-order valence-corrected chi connectivity index (χ3v) is 4.17. The number of aryl methyl sites for hydroxylation is 2. The number of carbonyl (C=O) groups excluding carboxylic acids is 2. The number of nitrogens with zero attached hydrogens (tertiary/aromatic N) is 3. The number of hydrogen-bond donors (Lipinski definition) is 1. The fourth-order valence-corrected chi connectivity index (χ4v) is 2.85. The molecular formula is C18H18F2N4O2. The van der Waals surface area contributed by atoms with Gasteiger partial charge in [0, 0.05) is 24.8 Å². The molecule has 2 amide bonds. The highest BCUT2D eigenvalue weighted by molar-refractivity contribution is 5.97. The third-order valence-electron chi connectivity index (χ3n) is 4.17. The number of aromatic nitrogens is 2. The van der Waals surface area contributed by atoms with Gasteiger partial charge in [0.1, 0.15) is 17.5 Å². The van der Waals surface area contributed by atoms with E-state index in [-0.39, 0.29) is 24.6 Å². The van der Waals surface area contributed by atoms with Crippen molar-refractivity contribution in [2.75, 3.05) is 13.1 Å². The van der Waals surface area contributed by atoms with Gasteiger partial charge < -0.3 is 10.2 Å². The Morgan fingerprint density at radius 1 is 1.35 bits per heavy atom. The molecule has 26 heavy (non-hydrogen) atoms. The molecular weight excluding hydrogens is 342 g/mol. The van der Waals surface area contributed by atoms with Gasteiger partial charge in [-0.2, -0.15) is 0 Å². The molecule has 0 radical (unpaired) electrons. The summed E-state index contributed by atoms with van der Waals surface area (Å²) in [5.74, 6) is -1.33. The SMILES string of the molecule is Cc1ncc2c(n1)CCCN(CC(=O)NCc1cc(F)ccc1F)C2=O. The summed E-state index contributed by atoms with van der Waals surface area (Å²) < 4.78 is 26.8. The topological polar surface area (TPSA) is 75.2 Å². The number of nitrogens with one attached hydrogen (secondary N) is 1. The molecule has 6 nitrogen and oxygen atoms in total. The molecule has 3 rings (SSSR count). The summed E-state index contributed by atoms with van der Waals surface area (Å²) in [7, 11) is 0. The summed E-state index contributed by atoms with van der Waals surface area (Å²) in [6, 6.07) is 3.05. The van der Waals surface area contributed by atoms with Crippen molar-refractivity contribution in [2.45, 2.75) is 26.3 Å². The van der Waals surface area contributed by atoms with Crippen LogP contribution in [0.5, 0.6) is 0 Å². The van der Waals surface area contributed by atoms with E-state index < -0.39 is 17.5 Å². The molecule has 0 saturated carbocycles. The van der Waals surface area contributed by atoms with Crippen LogP contribution in [-0.2, 0) is 17.8 Å². The lowest BCUT2D eigenvalue weighted by Crippen LogP contribution is -2.40. The van der Waals surface area contributed by atoms with Crippen LogP contribution < -0.4 is 5.32 Å². The second kappa shape index (κ2) is 7.55. The standard InChI is InChI=1S/C18H18F2N4O2/c1-11-21-9-14-16(23-11)3-2-6-24(18(14)26)10-17(25)22-8-12-7-13(19)4-5-15(12)20/h4-5,7,9H,2-3,6,8,10H2,1H3,(H,22,25). The molecule has 1 aromatic heterocycles. The maximum Gasteiger partial charge on any atom is 0.257 e. The second-order valence-corrected chi connectivity index (χ2v) is 6.12. The first kappa shape index (κ1) is 17.9. The van der Waals surface area contributed by atoms with E-state index in [1.54, 1.807) is 6.92 Å². The van der Waals surface area contributed by atoms with E-state index in [0.717, 1.165) is 18.2 Å². The van der Waals surface area contributed by atoms with Crippen molar-refractivity contribution >= 4 is 11.8 Å². The van der Waals surface area contributed by atoms with Crippen LogP contribution in [0, 0.1) is 18.6 Å². The summed E-state index contributed by atoms with van der Waals surface area (Å²) >= 11 is 0. The van der Waals surface area contributed by atoms with E-state index in [1.165, 1.54) is 11.1 Å². The zero-order valence-corrected chi connectivity index (χ0v) is 14.3. The van der Waals surface area contributed by atoms with Crippen molar-refractivity contribution in [3.05, 3.63) is 58.7 Å². The highest BCUT2D eigenvalue weighted by atomic mass is 19.1. The number of hydrogen-bond acceptors (Lipinski definition) is 4. The van der Waals surface area contributed by atoms with Gasteiger partial charge in [-0.05, 0) is 38.0 Å². The van der Waals surface area contributed by atoms with Crippen LogP contribution in [0.1, 0.15) is 33.9 Å². The molecule has 0 spiro atoms. The van der Waals surface area contributed by atoms with Crippen molar-refractivity contribution in [3.63, 3.8) is 0 Å². The van der Waals surface area contributed by atoms with Gasteiger partial charge in [0.05, 0.1) is 17.8 Å². The molecule has 0 saturated heterocycles. The Kier molecular flexibility index (Phi) is 5.20. The molecule has 0 aliphatic carbocycles. The van der Waals surface area contributed by atoms with Crippen molar-refractivity contribution in [1.82, 2.24) is 20.2 Å². The molecule has 2 aromatic rings. The first-order chi connectivity index (χ1) is 12.4. The molecule has 1 aliphatic rings. The summed E-state index contributed by atoms with van der Waals surface area (Å²) in [4.78, 5) is 34.5. The molecule has 1 aliphatic heterocycles. The average Bonchev–Trinajstić information content (AvgIpc) is 2.75. The number of amides is 2. The molecule has 0 atom stereocenters. The summed E-state index contributed by atoms with van der Waals surface area (Å²) in [5.41, 5.74) is 1.14. The molecule has 8 heteroatoms. The zero-order chi connectivity index (χ0) is 18.7. The van der Waals surface area contributed by atoms with Crippen molar-refractivity contribution in [3.8, 4) is 0 Å². The minimum Gasteiger partial charge on any atom is -0.350 e. The van der Waals surface area contributed by atoms with Gasteiger partial charge in [-0.3, -0.25) is 9.59 Å². The van der Waals surface area contributed by atoms with Crippen molar-refractivity contribution < 1.29 is 18.4 Å². The first-order valence-electron chi connectivity index (χ1n) is 8.26. The number of halogens is 2. The van der Waals surface area contributed by atoms with E-state index in [4.69, 9.17) is 0 Å². The Balaban J connectivity index is 1.64.